The van der Waals surface area contributed by atoms with Crippen molar-refractivity contribution in [2.24, 2.45) is 0 Å². The van der Waals surface area contributed by atoms with Crippen LogP contribution in [-0.2, 0) is 17.5 Å². The molecule has 0 saturated carbocycles. The summed E-state index contributed by atoms with van der Waals surface area (Å²) < 4.78 is 58.7. The number of fused-ring (bicyclic) bond motifs is 1. The van der Waals surface area contributed by atoms with Crippen molar-refractivity contribution in [3.63, 3.8) is 0 Å². The lowest BCUT2D eigenvalue weighted by atomic mass is 10.0. The minimum absolute atomic E-state index is 0.0385. The number of alkyl halides is 3. The van der Waals surface area contributed by atoms with Crippen molar-refractivity contribution in [3.8, 4) is 0 Å². The van der Waals surface area contributed by atoms with Crippen LogP contribution in [0.25, 0.3) is 10.8 Å². The molecule has 1 N–H and O–H groups in total. The van der Waals surface area contributed by atoms with E-state index in [2.05, 4.69) is 37.4 Å². The molecule has 10 heteroatoms. The van der Waals surface area contributed by atoms with Crippen molar-refractivity contribution in [2.45, 2.75) is 31.6 Å². The molecule has 2 aromatic carbocycles. The Bertz CT molecular complexity index is 1170. The number of piperidine rings is 1. The number of hydrogen-bond donors (Lipinski definition) is 1. The van der Waals surface area contributed by atoms with E-state index >= 15 is 0 Å². The van der Waals surface area contributed by atoms with Crippen LogP contribution in [0.15, 0.2) is 42.5 Å². The third kappa shape index (κ3) is 5.18. The molecule has 3 heterocycles. The zero-order chi connectivity index (χ0) is 24.4. The normalized spacial score (nSPS) is 17.8. The van der Waals surface area contributed by atoms with Crippen LogP contribution >= 0.6 is 0 Å². The lowest BCUT2D eigenvalue weighted by Gasteiger charge is -2.34. The van der Waals surface area contributed by atoms with Crippen molar-refractivity contribution in [3.05, 3.63) is 59.4 Å². The third-order valence-electron chi connectivity index (χ3n) is 6.71. The summed E-state index contributed by atoms with van der Waals surface area (Å²) >= 11 is 0. The second kappa shape index (κ2) is 9.94. The van der Waals surface area contributed by atoms with Gasteiger partial charge in [-0.25, -0.2) is 4.39 Å². The Kier molecular flexibility index (Phi) is 6.75. The molecular formula is C25H27F4N5O. The highest BCUT2D eigenvalue weighted by molar-refractivity contribution is 5.99. The van der Waals surface area contributed by atoms with Crippen molar-refractivity contribution in [2.75, 3.05) is 49.2 Å². The molecule has 1 aromatic heterocycles. The number of aromatic nitrogens is 2. The molecule has 5 rings (SSSR count). The summed E-state index contributed by atoms with van der Waals surface area (Å²) in [5.74, 6) is 0.806. The minimum atomic E-state index is -4.59. The van der Waals surface area contributed by atoms with Gasteiger partial charge < -0.3 is 19.9 Å². The van der Waals surface area contributed by atoms with Crippen molar-refractivity contribution >= 4 is 22.4 Å². The molecule has 0 aliphatic carbocycles. The molecule has 2 aliphatic rings. The quantitative estimate of drug-likeness (QED) is 0.537. The van der Waals surface area contributed by atoms with E-state index in [1.54, 1.807) is 0 Å². The van der Waals surface area contributed by atoms with E-state index in [1.165, 1.54) is 6.07 Å². The molecule has 0 atom stereocenters. The van der Waals surface area contributed by atoms with Gasteiger partial charge in [-0.3, -0.25) is 0 Å². The van der Waals surface area contributed by atoms with Crippen molar-refractivity contribution in [1.82, 2.24) is 15.5 Å². The molecule has 2 fully saturated rings. The lowest BCUT2D eigenvalue weighted by molar-refractivity contribution is -0.138. The van der Waals surface area contributed by atoms with Crippen LogP contribution in [0.3, 0.4) is 0 Å². The zero-order valence-corrected chi connectivity index (χ0v) is 19.2. The molecule has 2 aliphatic heterocycles. The molecular weight excluding hydrogens is 462 g/mol. The summed E-state index contributed by atoms with van der Waals surface area (Å²) in [6.07, 6.45) is -3.08. The van der Waals surface area contributed by atoms with Crippen LogP contribution in [-0.4, -0.2) is 55.6 Å². The predicted octanol–water partition coefficient (Wildman–Crippen LogP) is 4.38. The van der Waals surface area contributed by atoms with Crippen LogP contribution in [0.4, 0.5) is 29.2 Å². The maximum Gasteiger partial charge on any atom is 0.416 e. The SMILES string of the molecule is Fc1ccc(CNC2CCN(c3nnc(N4CCOCC4)c4ccccc34)CC2)c(C(F)(F)F)c1. The first-order valence-corrected chi connectivity index (χ1v) is 11.8. The predicted molar refractivity (Wildman–Crippen MR) is 126 cm³/mol. The van der Waals surface area contributed by atoms with Crippen LogP contribution in [0.1, 0.15) is 24.0 Å². The smallest absolute Gasteiger partial charge is 0.378 e. The monoisotopic (exact) mass is 489 g/mol. The number of ether oxygens (including phenoxy) is 1. The Morgan fingerprint density at radius 2 is 1.49 bits per heavy atom. The van der Waals surface area contributed by atoms with Gasteiger partial charge in [0, 0.05) is 49.5 Å². The van der Waals surface area contributed by atoms with Gasteiger partial charge in [0.05, 0.1) is 18.8 Å². The van der Waals surface area contributed by atoms with Crippen LogP contribution < -0.4 is 15.1 Å². The number of nitrogens with one attached hydrogen (secondary N) is 1. The number of halogens is 4. The Morgan fingerprint density at radius 3 is 2.09 bits per heavy atom. The van der Waals surface area contributed by atoms with E-state index in [0.717, 1.165) is 54.4 Å². The first kappa shape index (κ1) is 23.7. The second-order valence-electron chi connectivity index (χ2n) is 8.93. The van der Waals surface area contributed by atoms with Crippen molar-refractivity contribution < 1.29 is 22.3 Å². The Hall–Kier alpha value is -2.98. The molecule has 0 radical (unpaired) electrons. The van der Waals surface area contributed by atoms with Gasteiger partial charge in [-0.1, -0.05) is 30.3 Å². The Balaban J connectivity index is 1.26. The van der Waals surface area contributed by atoms with E-state index in [0.29, 0.717) is 32.4 Å². The number of hydrogen-bond acceptors (Lipinski definition) is 6. The summed E-state index contributed by atoms with van der Waals surface area (Å²) in [5, 5.41) is 14.5. The largest absolute Gasteiger partial charge is 0.416 e. The molecule has 6 nitrogen and oxygen atoms in total. The number of anilines is 2. The fraction of sp³-hybridized carbons (Fsp3) is 0.440. The van der Waals surface area contributed by atoms with Gasteiger partial charge >= 0.3 is 6.18 Å². The van der Waals surface area contributed by atoms with Gasteiger partial charge in [0.2, 0.25) is 0 Å². The average Bonchev–Trinajstić information content (AvgIpc) is 2.88. The van der Waals surface area contributed by atoms with Crippen molar-refractivity contribution in [1.29, 1.82) is 0 Å². The topological polar surface area (TPSA) is 53.5 Å². The van der Waals surface area contributed by atoms with E-state index in [1.807, 2.05) is 12.1 Å². The van der Waals surface area contributed by atoms with E-state index < -0.39 is 17.6 Å². The molecule has 0 amide bonds. The number of morpholine rings is 1. The molecule has 0 bridgehead atoms. The molecule has 186 valence electrons. The second-order valence-corrected chi connectivity index (χ2v) is 8.93. The highest BCUT2D eigenvalue weighted by atomic mass is 19.4. The Labute approximate surface area is 200 Å². The van der Waals surface area contributed by atoms with Gasteiger partial charge in [0.1, 0.15) is 5.82 Å². The van der Waals surface area contributed by atoms with E-state index in [9.17, 15) is 17.6 Å². The molecule has 2 saturated heterocycles. The highest BCUT2D eigenvalue weighted by Crippen LogP contribution is 2.34. The summed E-state index contributed by atoms with van der Waals surface area (Å²) in [5.41, 5.74) is -0.874. The fourth-order valence-electron chi connectivity index (χ4n) is 4.83. The molecule has 0 unspecified atom stereocenters. The van der Waals surface area contributed by atoms with Gasteiger partial charge in [-0.15, -0.1) is 10.2 Å². The van der Waals surface area contributed by atoms with Gasteiger partial charge in [0.15, 0.2) is 11.6 Å². The highest BCUT2D eigenvalue weighted by Gasteiger charge is 2.34. The number of benzene rings is 2. The maximum atomic E-state index is 13.4. The van der Waals surface area contributed by atoms with E-state index in [-0.39, 0.29) is 18.2 Å². The summed E-state index contributed by atoms with van der Waals surface area (Å²) in [7, 11) is 0. The first-order chi connectivity index (χ1) is 16.9. The van der Waals surface area contributed by atoms with E-state index in [4.69, 9.17) is 4.74 Å². The average molecular weight is 490 g/mol. The zero-order valence-electron chi connectivity index (χ0n) is 19.2. The fourth-order valence-corrected chi connectivity index (χ4v) is 4.83. The third-order valence-corrected chi connectivity index (χ3v) is 6.71. The molecule has 0 spiro atoms. The standard InChI is InChI=1S/C25H27F4N5O/c26-18-6-5-17(22(15-18)25(27,28)29)16-30-19-7-9-33(10-8-19)23-20-3-1-2-4-21(20)24(32-31-23)34-11-13-35-14-12-34/h1-6,15,19,30H,7-14,16H2. The van der Waals surface area contributed by atoms with Crippen LogP contribution in [0.2, 0.25) is 0 Å². The summed E-state index contributed by atoms with van der Waals surface area (Å²) in [4.78, 5) is 4.39. The van der Waals surface area contributed by atoms with Gasteiger partial charge in [0.25, 0.3) is 0 Å². The first-order valence-electron chi connectivity index (χ1n) is 11.8. The minimum Gasteiger partial charge on any atom is -0.378 e. The summed E-state index contributed by atoms with van der Waals surface area (Å²) in [6.45, 7) is 4.35. The molecule has 35 heavy (non-hydrogen) atoms. The number of rotatable bonds is 5. The summed E-state index contributed by atoms with van der Waals surface area (Å²) in [6, 6.07) is 11.0. The molecule has 3 aromatic rings. The van der Waals surface area contributed by atoms with Gasteiger partial charge in [-0.05, 0) is 30.5 Å². The lowest BCUT2D eigenvalue weighted by Crippen LogP contribution is -2.43. The van der Waals surface area contributed by atoms with Crippen LogP contribution in [0, 0.1) is 5.82 Å². The maximum absolute atomic E-state index is 13.4. The number of nitrogens with zero attached hydrogens (tertiary/aromatic N) is 4. The Morgan fingerprint density at radius 1 is 0.886 bits per heavy atom. The van der Waals surface area contributed by atoms with Gasteiger partial charge in [-0.2, -0.15) is 13.2 Å². The van der Waals surface area contributed by atoms with Crippen LogP contribution in [0.5, 0.6) is 0 Å².